The Balaban J connectivity index is 3.00. The molecule has 0 saturated carbocycles. The van der Waals surface area contributed by atoms with E-state index in [1.165, 1.54) is 0 Å². The third-order valence-electron chi connectivity index (χ3n) is 2.71. The van der Waals surface area contributed by atoms with E-state index in [1.54, 1.807) is 14.2 Å². The van der Waals surface area contributed by atoms with Crippen LogP contribution in [0.2, 0.25) is 0 Å². The monoisotopic (exact) mass is 223 g/mol. The quantitative estimate of drug-likeness (QED) is 0.832. The van der Waals surface area contributed by atoms with Gasteiger partial charge in [-0.25, -0.2) is 0 Å². The summed E-state index contributed by atoms with van der Waals surface area (Å²) in [6.07, 6.45) is 0.879. The first kappa shape index (κ1) is 12.8. The molecule has 0 fully saturated rings. The van der Waals surface area contributed by atoms with Crippen LogP contribution in [0.3, 0.4) is 0 Å². The minimum Gasteiger partial charge on any atom is -0.497 e. The molecule has 2 N–H and O–H groups in total. The molecule has 0 atom stereocenters. The SMILES string of the molecule is COc1ccc(OC)c(CC(C)(C)CN)c1. The highest BCUT2D eigenvalue weighted by molar-refractivity contribution is 5.40. The fraction of sp³-hybridized carbons (Fsp3) is 0.538. The Bertz CT molecular complexity index is 348. The van der Waals surface area contributed by atoms with Gasteiger partial charge in [-0.2, -0.15) is 0 Å². The molecule has 0 heterocycles. The van der Waals surface area contributed by atoms with Gasteiger partial charge in [-0.15, -0.1) is 0 Å². The molecule has 0 aliphatic rings. The van der Waals surface area contributed by atoms with Crippen LogP contribution < -0.4 is 15.2 Å². The first-order chi connectivity index (χ1) is 7.52. The van der Waals surface area contributed by atoms with Gasteiger partial charge in [0.25, 0.3) is 0 Å². The predicted molar refractivity (Wildman–Crippen MR) is 66.1 cm³/mol. The van der Waals surface area contributed by atoms with Crippen molar-refractivity contribution in [2.24, 2.45) is 11.1 Å². The Labute approximate surface area is 97.6 Å². The zero-order valence-corrected chi connectivity index (χ0v) is 10.5. The summed E-state index contributed by atoms with van der Waals surface area (Å²) in [6, 6.07) is 5.84. The summed E-state index contributed by atoms with van der Waals surface area (Å²) in [7, 11) is 3.35. The molecule has 1 rings (SSSR count). The number of hydrogen-bond acceptors (Lipinski definition) is 3. The van der Waals surface area contributed by atoms with Crippen LogP contribution in [-0.4, -0.2) is 20.8 Å². The number of ether oxygens (including phenoxy) is 2. The maximum absolute atomic E-state index is 5.74. The van der Waals surface area contributed by atoms with E-state index >= 15 is 0 Å². The van der Waals surface area contributed by atoms with Crippen molar-refractivity contribution in [1.29, 1.82) is 0 Å². The van der Waals surface area contributed by atoms with Gasteiger partial charge in [-0.05, 0) is 42.1 Å². The zero-order valence-electron chi connectivity index (χ0n) is 10.5. The first-order valence-corrected chi connectivity index (χ1v) is 5.43. The van der Waals surface area contributed by atoms with Crippen molar-refractivity contribution in [3.63, 3.8) is 0 Å². The maximum Gasteiger partial charge on any atom is 0.122 e. The fourth-order valence-corrected chi connectivity index (χ4v) is 1.61. The van der Waals surface area contributed by atoms with Gasteiger partial charge >= 0.3 is 0 Å². The summed E-state index contributed by atoms with van der Waals surface area (Å²) in [6.45, 7) is 4.94. The van der Waals surface area contributed by atoms with Crippen LogP contribution in [0.5, 0.6) is 11.5 Å². The number of hydrogen-bond donors (Lipinski definition) is 1. The van der Waals surface area contributed by atoms with Gasteiger partial charge in [-0.3, -0.25) is 0 Å². The lowest BCUT2D eigenvalue weighted by atomic mass is 9.85. The number of rotatable bonds is 5. The Morgan fingerprint density at radius 1 is 1.19 bits per heavy atom. The second kappa shape index (κ2) is 5.21. The van der Waals surface area contributed by atoms with Gasteiger partial charge in [0.15, 0.2) is 0 Å². The summed E-state index contributed by atoms with van der Waals surface area (Å²) in [5.74, 6) is 1.74. The number of methoxy groups -OCH3 is 2. The van der Waals surface area contributed by atoms with Gasteiger partial charge in [0, 0.05) is 0 Å². The molecule has 0 radical (unpaired) electrons. The van der Waals surface area contributed by atoms with Crippen molar-refractivity contribution >= 4 is 0 Å². The van der Waals surface area contributed by atoms with Crippen molar-refractivity contribution in [3.8, 4) is 11.5 Å². The second-order valence-electron chi connectivity index (χ2n) is 4.72. The average molecular weight is 223 g/mol. The Hall–Kier alpha value is -1.22. The van der Waals surface area contributed by atoms with Crippen LogP contribution >= 0.6 is 0 Å². The predicted octanol–water partition coefficient (Wildman–Crippen LogP) is 2.23. The van der Waals surface area contributed by atoms with Gasteiger partial charge < -0.3 is 15.2 Å². The van der Waals surface area contributed by atoms with E-state index < -0.39 is 0 Å². The lowest BCUT2D eigenvalue weighted by molar-refractivity contribution is 0.356. The molecule has 0 amide bonds. The molecule has 3 nitrogen and oxygen atoms in total. The fourth-order valence-electron chi connectivity index (χ4n) is 1.61. The summed E-state index contributed by atoms with van der Waals surface area (Å²) in [5, 5.41) is 0. The van der Waals surface area contributed by atoms with Crippen LogP contribution in [0.4, 0.5) is 0 Å². The maximum atomic E-state index is 5.74. The first-order valence-electron chi connectivity index (χ1n) is 5.43. The lowest BCUT2D eigenvalue weighted by Gasteiger charge is -2.23. The molecule has 0 aromatic heterocycles. The Morgan fingerprint density at radius 2 is 1.88 bits per heavy atom. The van der Waals surface area contributed by atoms with E-state index in [-0.39, 0.29) is 5.41 Å². The molecular weight excluding hydrogens is 202 g/mol. The normalized spacial score (nSPS) is 11.3. The highest BCUT2D eigenvalue weighted by Gasteiger charge is 2.19. The number of benzene rings is 1. The molecule has 0 spiro atoms. The molecule has 1 aromatic rings. The zero-order chi connectivity index (χ0) is 12.2. The van der Waals surface area contributed by atoms with E-state index in [9.17, 15) is 0 Å². The molecular formula is C13H21NO2. The van der Waals surface area contributed by atoms with E-state index in [1.807, 2.05) is 18.2 Å². The summed E-state index contributed by atoms with van der Waals surface area (Å²) < 4.78 is 10.6. The Morgan fingerprint density at radius 3 is 2.38 bits per heavy atom. The largest absolute Gasteiger partial charge is 0.497 e. The number of nitrogens with two attached hydrogens (primary N) is 1. The van der Waals surface area contributed by atoms with Gasteiger partial charge in [0.2, 0.25) is 0 Å². The molecule has 16 heavy (non-hydrogen) atoms. The van der Waals surface area contributed by atoms with Crippen LogP contribution in [-0.2, 0) is 6.42 Å². The van der Waals surface area contributed by atoms with Crippen LogP contribution in [0, 0.1) is 5.41 Å². The van der Waals surface area contributed by atoms with Crippen molar-refractivity contribution in [3.05, 3.63) is 23.8 Å². The molecule has 0 aliphatic carbocycles. The Kier molecular flexibility index (Phi) is 4.19. The minimum atomic E-state index is 0.0691. The average Bonchev–Trinajstić information content (AvgIpc) is 2.28. The minimum absolute atomic E-state index is 0.0691. The molecule has 0 unspecified atom stereocenters. The summed E-state index contributed by atoms with van der Waals surface area (Å²) >= 11 is 0. The molecule has 0 saturated heterocycles. The lowest BCUT2D eigenvalue weighted by Crippen LogP contribution is -2.26. The summed E-state index contributed by atoms with van der Waals surface area (Å²) in [5.41, 5.74) is 6.95. The van der Waals surface area contributed by atoms with Crippen LogP contribution in [0.15, 0.2) is 18.2 Å². The molecule has 0 aliphatic heterocycles. The van der Waals surface area contributed by atoms with Crippen molar-refractivity contribution in [2.75, 3.05) is 20.8 Å². The van der Waals surface area contributed by atoms with Crippen LogP contribution in [0.25, 0.3) is 0 Å². The van der Waals surface area contributed by atoms with Crippen molar-refractivity contribution in [2.45, 2.75) is 20.3 Å². The van der Waals surface area contributed by atoms with E-state index in [0.717, 1.165) is 23.5 Å². The summed E-state index contributed by atoms with van der Waals surface area (Å²) in [4.78, 5) is 0. The standard InChI is InChI=1S/C13H21NO2/c1-13(2,9-14)8-10-7-11(15-3)5-6-12(10)16-4/h5-7H,8-9,14H2,1-4H3. The smallest absolute Gasteiger partial charge is 0.122 e. The third kappa shape index (κ3) is 3.14. The van der Waals surface area contributed by atoms with Gasteiger partial charge in [0.1, 0.15) is 11.5 Å². The second-order valence-corrected chi connectivity index (χ2v) is 4.72. The van der Waals surface area contributed by atoms with Crippen LogP contribution in [0.1, 0.15) is 19.4 Å². The molecule has 0 bridgehead atoms. The molecule has 90 valence electrons. The van der Waals surface area contributed by atoms with Crippen molar-refractivity contribution in [1.82, 2.24) is 0 Å². The van der Waals surface area contributed by atoms with Crippen molar-refractivity contribution < 1.29 is 9.47 Å². The highest BCUT2D eigenvalue weighted by atomic mass is 16.5. The van der Waals surface area contributed by atoms with E-state index in [0.29, 0.717) is 6.54 Å². The van der Waals surface area contributed by atoms with E-state index in [4.69, 9.17) is 15.2 Å². The third-order valence-corrected chi connectivity index (χ3v) is 2.71. The molecule has 3 heteroatoms. The van der Waals surface area contributed by atoms with Gasteiger partial charge in [-0.1, -0.05) is 13.8 Å². The highest BCUT2D eigenvalue weighted by Crippen LogP contribution is 2.30. The molecule has 1 aromatic carbocycles. The van der Waals surface area contributed by atoms with E-state index in [2.05, 4.69) is 13.8 Å². The van der Waals surface area contributed by atoms with Gasteiger partial charge in [0.05, 0.1) is 14.2 Å². The topological polar surface area (TPSA) is 44.5 Å².